The van der Waals surface area contributed by atoms with Crippen LogP contribution in [0.15, 0.2) is 42.5 Å². The van der Waals surface area contributed by atoms with Gasteiger partial charge >= 0.3 is 0 Å². The van der Waals surface area contributed by atoms with Crippen molar-refractivity contribution in [3.8, 4) is 5.75 Å². The first-order valence-electron chi connectivity index (χ1n) is 7.44. The quantitative estimate of drug-likeness (QED) is 0.865. The molecule has 0 amide bonds. The molecule has 1 aliphatic heterocycles. The number of methoxy groups -OCH3 is 1. The molecular formula is C18H23N3O. The van der Waals surface area contributed by atoms with Crippen molar-refractivity contribution in [2.24, 2.45) is 0 Å². The fourth-order valence-corrected chi connectivity index (χ4v) is 3.19. The Kier molecular flexibility index (Phi) is 3.61. The van der Waals surface area contributed by atoms with Gasteiger partial charge < -0.3 is 19.4 Å². The number of nitrogens with zero attached hydrogens (tertiary/aromatic N) is 3. The summed E-state index contributed by atoms with van der Waals surface area (Å²) in [6, 6.07) is 14.9. The van der Waals surface area contributed by atoms with E-state index in [1.807, 2.05) is 14.1 Å². The van der Waals surface area contributed by atoms with Crippen molar-refractivity contribution in [3.63, 3.8) is 0 Å². The van der Waals surface area contributed by atoms with Gasteiger partial charge in [0.1, 0.15) is 11.9 Å². The molecule has 0 radical (unpaired) electrons. The van der Waals surface area contributed by atoms with Gasteiger partial charge in [-0.2, -0.15) is 0 Å². The molecule has 0 bridgehead atoms. The van der Waals surface area contributed by atoms with Crippen LogP contribution in [0.3, 0.4) is 0 Å². The van der Waals surface area contributed by atoms with Crippen molar-refractivity contribution in [2.75, 3.05) is 50.0 Å². The molecule has 0 N–H and O–H groups in total. The van der Waals surface area contributed by atoms with Crippen LogP contribution in [-0.2, 0) is 0 Å². The number of fused-ring (bicyclic) bond motifs is 1. The maximum atomic E-state index is 5.66. The van der Waals surface area contributed by atoms with Gasteiger partial charge in [0.2, 0.25) is 0 Å². The average Bonchev–Trinajstić information content (AvgIpc) is 2.78. The van der Waals surface area contributed by atoms with E-state index in [1.54, 1.807) is 7.11 Å². The second kappa shape index (κ2) is 5.44. The lowest BCUT2D eigenvalue weighted by molar-refractivity contribution is 0.405. The Hall–Kier alpha value is -2.36. The summed E-state index contributed by atoms with van der Waals surface area (Å²) < 4.78 is 5.66. The lowest BCUT2D eigenvalue weighted by atomic mass is 10.1. The van der Waals surface area contributed by atoms with Gasteiger partial charge in [-0.1, -0.05) is 12.1 Å². The van der Waals surface area contributed by atoms with Crippen LogP contribution in [-0.4, -0.2) is 35.3 Å². The van der Waals surface area contributed by atoms with Gasteiger partial charge in [0.25, 0.3) is 0 Å². The summed E-state index contributed by atoms with van der Waals surface area (Å²) in [7, 11) is 10.1. The summed E-state index contributed by atoms with van der Waals surface area (Å²) in [5, 5.41) is 0. The Morgan fingerprint density at radius 2 is 1.55 bits per heavy atom. The van der Waals surface area contributed by atoms with Crippen LogP contribution in [0.1, 0.15) is 11.7 Å². The van der Waals surface area contributed by atoms with Crippen LogP contribution in [0.2, 0.25) is 0 Å². The third kappa shape index (κ3) is 2.15. The molecule has 2 aromatic carbocycles. The van der Waals surface area contributed by atoms with E-state index in [-0.39, 0.29) is 6.17 Å². The fourth-order valence-electron chi connectivity index (χ4n) is 3.19. The Balaban J connectivity index is 2.05. The molecule has 4 heteroatoms. The summed E-state index contributed by atoms with van der Waals surface area (Å²) >= 11 is 0. The molecule has 0 aliphatic carbocycles. The van der Waals surface area contributed by atoms with E-state index in [4.69, 9.17) is 4.74 Å². The zero-order valence-electron chi connectivity index (χ0n) is 13.9. The van der Waals surface area contributed by atoms with E-state index < -0.39 is 0 Å². The smallest absolute Gasteiger partial charge is 0.131 e. The molecular weight excluding hydrogens is 274 g/mol. The number of hydrogen-bond acceptors (Lipinski definition) is 4. The predicted molar refractivity (Wildman–Crippen MR) is 93.3 cm³/mol. The zero-order valence-corrected chi connectivity index (χ0v) is 13.9. The van der Waals surface area contributed by atoms with Crippen LogP contribution in [0.25, 0.3) is 0 Å². The standard InChI is InChI=1S/C18H23N3O/c1-19(2)13-10-11-14(17(12-13)22-5)18-20(3)15-8-6-7-9-16(15)21(18)4/h6-12,18H,1-5H3. The molecule has 0 unspecified atom stereocenters. The van der Waals surface area contributed by atoms with Crippen molar-refractivity contribution in [1.82, 2.24) is 0 Å². The molecule has 0 fully saturated rings. The maximum absolute atomic E-state index is 5.66. The monoisotopic (exact) mass is 297 g/mol. The van der Waals surface area contributed by atoms with Gasteiger partial charge in [0.15, 0.2) is 0 Å². The summed E-state index contributed by atoms with van der Waals surface area (Å²) in [6.45, 7) is 0. The van der Waals surface area contributed by atoms with Crippen molar-refractivity contribution < 1.29 is 4.74 Å². The first kappa shape index (κ1) is 14.6. The molecule has 4 nitrogen and oxygen atoms in total. The second-order valence-electron chi connectivity index (χ2n) is 5.90. The fraction of sp³-hybridized carbons (Fsp3) is 0.333. The topological polar surface area (TPSA) is 19.0 Å². The number of hydrogen-bond donors (Lipinski definition) is 0. The van der Waals surface area contributed by atoms with Gasteiger partial charge in [-0.05, 0) is 24.3 Å². The number of anilines is 3. The summed E-state index contributed by atoms with van der Waals surface area (Å²) in [4.78, 5) is 6.67. The van der Waals surface area contributed by atoms with Gasteiger partial charge in [-0.3, -0.25) is 0 Å². The highest BCUT2D eigenvalue weighted by Crippen LogP contribution is 2.46. The van der Waals surface area contributed by atoms with Crippen molar-refractivity contribution in [2.45, 2.75) is 6.17 Å². The number of ether oxygens (including phenoxy) is 1. The second-order valence-corrected chi connectivity index (χ2v) is 5.90. The normalized spacial score (nSPS) is 14.2. The molecule has 0 saturated heterocycles. The molecule has 0 spiro atoms. The average molecular weight is 297 g/mol. The van der Waals surface area contributed by atoms with Crippen LogP contribution in [0.4, 0.5) is 17.1 Å². The lowest BCUT2D eigenvalue weighted by Crippen LogP contribution is -2.31. The molecule has 2 aromatic rings. The molecule has 0 atom stereocenters. The summed E-state index contributed by atoms with van der Waals surface area (Å²) in [5.41, 5.74) is 4.80. The van der Waals surface area contributed by atoms with Crippen LogP contribution in [0.5, 0.6) is 5.75 Å². The summed E-state index contributed by atoms with van der Waals surface area (Å²) in [6.07, 6.45) is 0.142. The summed E-state index contributed by atoms with van der Waals surface area (Å²) in [5.74, 6) is 0.919. The zero-order chi connectivity index (χ0) is 15.9. The largest absolute Gasteiger partial charge is 0.496 e. The third-order valence-corrected chi connectivity index (χ3v) is 4.39. The molecule has 116 valence electrons. The van der Waals surface area contributed by atoms with Gasteiger partial charge in [0, 0.05) is 45.5 Å². The van der Waals surface area contributed by atoms with E-state index >= 15 is 0 Å². The van der Waals surface area contributed by atoms with E-state index in [2.05, 4.69) is 71.3 Å². The Morgan fingerprint density at radius 1 is 0.955 bits per heavy atom. The molecule has 3 rings (SSSR count). The maximum Gasteiger partial charge on any atom is 0.131 e. The molecule has 0 saturated carbocycles. The number of benzene rings is 2. The van der Waals surface area contributed by atoms with E-state index in [9.17, 15) is 0 Å². The number of rotatable bonds is 3. The molecule has 22 heavy (non-hydrogen) atoms. The highest BCUT2D eigenvalue weighted by atomic mass is 16.5. The van der Waals surface area contributed by atoms with Crippen LogP contribution in [0, 0.1) is 0 Å². The first-order chi connectivity index (χ1) is 10.5. The number of para-hydroxylation sites is 2. The Bertz CT molecular complexity index is 655. The van der Waals surface area contributed by atoms with Crippen molar-refractivity contribution >= 4 is 17.1 Å². The predicted octanol–water partition coefficient (Wildman–Crippen LogP) is 3.35. The van der Waals surface area contributed by atoms with Gasteiger partial charge in [-0.15, -0.1) is 0 Å². The van der Waals surface area contributed by atoms with Gasteiger partial charge in [-0.25, -0.2) is 0 Å². The minimum atomic E-state index is 0.142. The minimum Gasteiger partial charge on any atom is -0.496 e. The highest BCUT2D eigenvalue weighted by Gasteiger charge is 2.33. The SMILES string of the molecule is COc1cc(N(C)C)ccc1C1N(C)c2ccccc2N1C. The molecule has 0 aromatic heterocycles. The highest BCUT2D eigenvalue weighted by molar-refractivity contribution is 5.78. The van der Waals surface area contributed by atoms with Crippen LogP contribution < -0.4 is 19.4 Å². The van der Waals surface area contributed by atoms with Gasteiger partial charge in [0.05, 0.1) is 18.5 Å². The van der Waals surface area contributed by atoms with Crippen LogP contribution >= 0.6 is 0 Å². The van der Waals surface area contributed by atoms with E-state index in [0.29, 0.717) is 0 Å². The van der Waals surface area contributed by atoms with Crippen molar-refractivity contribution in [1.29, 1.82) is 0 Å². The lowest BCUT2D eigenvalue weighted by Gasteiger charge is -2.30. The van der Waals surface area contributed by atoms with E-state index in [0.717, 1.165) is 11.4 Å². The van der Waals surface area contributed by atoms with E-state index in [1.165, 1.54) is 16.9 Å². The third-order valence-electron chi connectivity index (χ3n) is 4.39. The Morgan fingerprint density at radius 3 is 2.05 bits per heavy atom. The first-order valence-corrected chi connectivity index (χ1v) is 7.44. The van der Waals surface area contributed by atoms with Crippen molar-refractivity contribution in [3.05, 3.63) is 48.0 Å². The molecule has 1 heterocycles. The molecule has 1 aliphatic rings. The minimum absolute atomic E-state index is 0.142. The Labute approximate surface area is 132 Å².